The van der Waals surface area contributed by atoms with Crippen LogP contribution in [0.2, 0.25) is 0 Å². The van der Waals surface area contributed by atoms with Gasteiger partial charge in [-0.05, 0) is 18.1 Å². The van der Waals surface area contributed by atoms with Gasteiger partial charge in [-0.1, -0.05) is 26.0 Å². The molecule has 0 aromatic heterocycles. The van der Waals surface area contributed by atoms with Crippen molar-refractivity contribution < 1.29 is 4.79 Å². The molecule has 0 saturated heterocycles. The molecule has 4 heteroatoms. The summed E-state index contributed by atoms with van der Waals surface area (Å²) in [6.45, 7) is 4.71. The van der Waals surface area contributed by atoms with Gasteiger partial charge in [-0.25, -0.2) is 0 Å². The number of hydrogen-bond acceptors (Lipinski definition) is 3. The zero-order valence-corrected chi connectivity index (χ0v) is 11.0. The summed E-state index contributed by atoms with van der Waals surface area (Å²) >= 11 is 1.80. The Morgan fingerprint density at radius 1 is 1.41 bits per heavy atom. The summed E-state index contributed by atoms with van der Waals surface area (Å²) in [6.07, 6.45) is 0. The molecule has 1 atom stereocenters. The van der Waals surface area contributed by atoms with Crippen LogP contribution in [0.25, 0.3) is 0 Å². The number of nitrogens with two attached hydrogens (primary N) is 1. The molecule has 0 spiro atoms. The summed E-state index contributed by atoms with van der Waals surface area (Å²) in [5.41, 5.74) is 6.95. The maximum atomic E-state index is 12.3. The molecule has 1 aliphatic heterocycles. The maximum Gasteiger partial charge on any atom is 0.244 e. The number of para-hydroxylation sites is 1. The Morgan fingerprint density at radius 3 is 2.82 bits per heavy atom. The summed E-state index contributed by atoms with van der Waals surface area (Å²) in [5.74, 6) is 1.14. The predicted octanol–water partition coefficient (Wildman–Crippen LogP) is 2.11. The van der Waals surface area contributed by atoms with Gasteiger partial charge in [0.2, 0.25) is 5.91 Å². The molecule has 1 aliphatic rings. The van der Waals surface area contributed by atoms with E-state index in [1.807, 2.05) is 36.9 Å². The molecule has 1 unspecified atom stereocenters. The van der Waals surface area contributed by atoms with Crippen molar-refractivity contribution in [1.29, 1.82) is 0 Å². The van der Waals surface area contributed by atoms with Gasteiger partial charge in [0.25, 0.3) is 0 Å². The molecule has 1 heterocycles. The van der Waals surface area contributed by atoms with E-state index in [9.17, 15) is 4.79 Å². The van der Waals surface area contributed by atoms with E-state index in [-0.39, 0.29) is 11.8 Å². The number of nitrogens with zero attached hydrogens (tertiary/aromatic N) is 1. The Balaban J connectivity index is 2.27. The number of carbonyl (C=O) groups excluding carboxylic acids is 1. The largest absolute Gasteiger partial charge is 0.320 e. The van der Waals surface area contributed by atoms with Gasteiger partial charge in [0.15, 0.2) is 0 Å². The Kier molecular flexibility index (Phi) is 3.74. The quantitative estimate of drug-likeness (QED) is 0.874. The average Bonchev–Trinajstić information content (AvgIpc) is 2.36. The Morgan fingerprint density at radius 2 is 2.12 bits per heavy atom. The molecule has 0 fully saturated rings. The van der Waals surface area contributed by atoms with Crippen LogP contribution in [0.3, 0.4) is 0 Å². The summed E-state index contributed by atoms with van der Waals surface area (Å²) in [6, 6.07) is 7.60. The predicted molar refractivity (Wildman–Crippen MR) is 72.3 cm³/mol. The van der Waals surface area contributed by atoms with Gasteiger partial charge in [-0.2, -0.15) is 0 Å². The van der Waals surface area contributed by atoms with Crippen molar-refractivity contribution >= 4 is 23.4 Å². The standard InChI is InChI=1S/C13H18N2OS/c1-9(2)12(14)13(16)15-7-8-17-11-6-4-3-5-10(11)15/h3-6,9,12H,7-8,14H2,1-2H3. The molecule has 0 aliphatic carbocycles. The van der Waals surface area contributed by atoms with E-state index >= 15 is 0 Å². The molecule has 0 bridgehead atoms. The van der Waals surface area contributed by atoms with E-state index in [0.29, 0.717) is 0 Å². The fourth-order valence-corrected chi connectivity index (χ4v) is 2.86. The van der Waals surface area contributed by atoms with Crippen molar-refractivity contribution in [2.24, 2.45) is 11.7 Å². The number of fused-ring (bicyclic) bond motifs is 1. The van der Waals surface area contributed by atoms with Crippen molar-refractivity contribution in [1.82, 2.24) is 0 Å². The molecule has 2 rings (SSSR count). The highest BCUT2D eigenvalue weighted by molar-refractivity contribution is 7.99. The molecule has 3 nitrogen and oxygen atoms in total. The third-order valence-corrected chi connectivity index (χ3v) is 4.04. The van der Waals surface area contributed by atoms with Crippen LogP contribution in [-0.4, -0.2) is 24.2 Å². The minimum absolute atomic E-state index is 0.0350. The Labute approximate surface area is 106 Å². The van der Waals surface area contributed by atoms with Gasteiger partial charge in [-0.15, -0.1) is 11.8 Å². The summed E-state index contributed by atoms with van der Waals surface area (Å²) < 4.78 is 0. The lowest BCUT2D eigenvalue weighted by Crippen LogP contribution is -2.48. The van der Waals surface area contributed by atoms with Gasteiger partial charge >= 0.3 is 0 Å². The number of rotatable bonds is 2. The lowest BCUT2D eigenvalue weighted by atomic mass is 10.0. The van der Waals surface area contributed by atoms with Crippen molar-refractivity contribution in [2.75, 3.05) is 17.2 Å². The Bertz CT molecular complexity index is 420. The van der Waals surface area contributed by atoms with Gasteiger partial charge in [0.1, 0.15) is 0 Å². The monoisotopic (exact) mass is 250 g/mol. The first-order valence-corrected chi connectivity index (χ1v) is 6.88. The smallest absolute Gasteiger partial charge is 0.244 e. The van der Waals surface area contributed by atoms with E-state index in [1.54, 1.807) is 11.8 Å². The van der Waals surface area contributed by atoms with Gasteiger partial charge in [-0.3, -0.25) is 4.79 Å². The number of thioether (sulfide) groups is 1. The number of hydrogen-bond donors (Lipinski definition) is 1. The summed E-state index contributed by atoms with van der Waals surface area (Å²) in [5, 5.41) is 0. The molecule has 1 aromatic carbocycles. The number of benzene rings is 1. The Hall–Kier alpha value is -1.00. The minimum atomic E-state index is -0.411. The maximum absolute atomic E-state index is 12.3. The lowest BCUT2D eigenvalue weighted by Gasteiger charge is -2.31. The SMILES string of the molecule is CC(C)C(N)C(=O)N1CCSc2ccccc21. The fourth-order valence-electron chi connectivity index (χ4n) is 1.86. The second-order valence-corrected chi connectivity index (χ2v) is 5.71. The molecule has 2 N–H and O–H groups in total. The average molecular weight is 250 g/mol. The topological polar surface area (TPSA) is 46.3 Å². The van der Waals surface area contributed by atoms with Crippen molar-refractivity contribution in [3.8, 4) is 0 Å². The van der Waals surface area contributed by atoms with E-state index in [1.165, 1.54) is 4.90 Å². The molecule has 1 aromatic rings. The van der Waals surface area contributed by atoms with Crippen molar-refractivity contribution in [2.45, 2.75) is 24.8 Å². The van der Waals surface area contributed by atoms with E-state index in [2.05, 4.69) is 6.07 Å². The lowest BCUT2D eigenvalue weighted by molar-refractivity contribution is -0.120. The number of anilines is 1. The van der Waals surface area contributed by atoms with Crippen LogP contribution < -0.4 is 10.6 Å². The first kappa shape index (κ1) is 12.5. The molecule has 0 radical (unpaired) electrons. The highest BCUT2D eigenvalue weighted by Gasteiger charge is 2.28. The molecular formula is C13H18N2OS. The number of carbonyl (C=O) groups is 1. The molecular weight excluding hydrogens is 232 g/mol. The van der Waals surface area contributed by atoms with Gasteiger partial charge in [0, 0.05) is 17.2 Å². The minimum Gasteiger partial charge on any atom is -0.320 e. The van der Waals surface area contributed by atoms with Crippen LogP contribution in [0.5, 0.6) is 0 Å². The normalized spacial score (nSPS) is 16.8. The third-order valence-electron chi connectivity index (χ3n) is 3.00. The summed E-state index contributed by atoms with van der Waals surface area (Å²) in [4.78, 5) is 15.3. The van der Waals surface area contributed by atoms with E-state index in [0.717, 1.165) is 18.0 Å². The highest BCUT2D eigenvalue weighted by Crippen LogP contribution is 2.34. The first-order chi connectivity index (χ1) is 8.11. The van der Waals surface area contributed by atoms with Crippen LogP contribution in [-0.2, 0) is 4.79 Å². The third kappa shape index (κ3) is 2.48. The first-order valence-electron chi connectivity index (χ1n) is 5.90. The van der Waals surface area contributed by atoms with Crippen molar-refractivity contribution in [3.63, 3.8) is 0 Å². The zero-order chi connectivity index (χ0) is 12.4. The zero-order valence-electron chi connectivity index (χ0n) is 10.2. The van der Waals surface area contributed by atoms with Crippen molar-refractivity contribution in [3.05, 3.63) is 24.3 Å². The van der Waals surface area contributed by atoms with Gasteiger partial charge < -0.3 is 10.6 Å². The van der Waals surface area contributed by atoms with E-state index < -0.39 is 6.04 Å². The molecule has 1 amide bonds. The second-order valence-electron chi connectivity index (χ2n) is 4.58. The van der Waals surface area contributed by atoms with Crippen LogP contribution in [0.4, 0.5) is 5.69 Å². The van der Waals surface area contributed by atoms with Crippen LogP contribution in [0.1, 0.15) is 13.8 Å². The van der Waals surface area contributed by atoms with Gasteiger partial charge in [0.05, 0.1) is 11.7 Å². The van der Waals surface area contributed by atoms with E-state index in [4.69, 9.17) is 5.73 Å². The highest BCUT2D eigenvalue weighted by atomic mass is 32.2. The van der Waals surface area contributed by atoms with Crippen LogP contribution >= 0.6 is 11.8 Å². The molecule has 17 heavy (non-hydrogen) atoms. The summed E-state index contributed by atoms with van der Waals surface area (Å²) in [7, 11) is 0. The second kappa shape index (κ2) is 5.10. The molecule has 92 valence electrons. The van der Waals surface area contributed by atoms with Crippen LogP contribution in [0.15, 0.2) is 29.2 Å². The fraction of sp³-hybridized carbons (Fsp3) is 0.462. The van der Waals surface area contributed by atoms with Crippen LogP contribution in [0, 0.1) is 5.92 Å². The number of amides is 1. The molecule has 0 saturated carbocycles.